The van der Waals surface area contributed by atoms with Crippen molar-refractivity contribution in [1.82, 2.24) is 14.5 Å². The van der Waals surface area contributed by atoms with Crippen LogP contribution in [0.3, 0.4) is 0 Å². The minimum atomic E-state index is -0.804. The fraction of sp³-hybridized carbons (Fsp3) is 0.429. The highest BCUT2D eigenvalue weighted by Crippen LogP contribution is 2.22. The number of aliphatic hydroxyl groups is 1. The summed E-state index contributed by atoms with van der Waals surface area (Å²) in [4.78, 5) is 30.0. The van der Waals surface area contributed by atoms with Crippen LogP contribution in [0, 0.1) is 0 Å². The maximum Gasteiger partial charge on any atom is 0.328 e. The van der Waals surface area contributed by atoms with E-state index in [-0.39, 0.29) is 12.1 Å². The minimum absolute atomic E-state index is 0.0278. The Balaban J connectivity index is 1.76. The lowest BCUT2D eigenvalue weighted by Crippen LogP contribution is -2.43. The van der Waals surface area contributed by atoms with Gasteiger partial charge in [0.15, 0.2) is 0 Å². The number of H-pyrrole nitrogens is 1. The number of hydrogen-bond acceptors (Lipinski definition) is 4. The van der Waals surface area contributed by atoms with Gasteiger partial charge in [0, 0.05) is 24.1 Å². The Morgan fingerprint density at radius 2 is 2.07 bits per heavy atom. The number of fused-ring (bicyclic) bond motifs is 1. The number of aromatic amines is 1. The van der Waals surface area contributed by atoms with E-state index in [0.29, 0.717) is 17.4 Å². The largest absolute Gasteiger partial charge is 0.390 e. The number of nitrogens with zero attached hydrogens (tertiary/aromatic N) is 2. The predicted octanol–water partition coefficient (Wildman–Crippen LogP) is 2.80. The number of hydrogen-bond donors (Lipinski definition) is 2. The Bertz CT molecular complexity index is 1040. The van der Waals surface area contributed by atoms with E-state index in [1.165, 1.54) is 11.1 Å². The molecule has 2 N–H and O–H groups in total. The first-order valence-electron chi connectivity index (χ1n) is 9.60. The standard InChI is InChI=1S/C21H26BrN3O3/c1-3-5-15-11-24(9-8-14(15)4-2)12-17(26)13-25-20(27)18-7-6-16(22)10-19(18)23-21(25)28/h4-7,10,17,26H,3,8-9,11-13H2,1-2H3,(H,23,28)/b14-4-,15-5-. The summed E-state index contributed by atoms with van der Waals surface area (Å²) < 4.78 is 1.87. The molecule has 1 aromatic carbocycles. The molecule has 7 heteroatoms. The van der Waals surface area contributed by atoms with Gasteiger partial charge in [-0.15, -0.1) is 0 Å². The third kappa shape index (κ3) is 4.54. The van der Waals surface area contributed by atoms with Gasteiger partial charge in [0.05, 0.1) is 23.6 Å². The molecule has 0 aliphatic carbocycles. The summed E-state index contributed by atoms with van der Waals surface area (Å²) in [5.41, 5.74) is 2.26. The Kier molecular flexibility index (Phi) is 6.69. The predicted molar refractivity (Wildman–Crippen MR) is 116 cm³/mol. The average molecular weight is 448 g/mol. The van der Waals surface area contributed by atoms with E-state index in [1.807, 2.05) is 0 Å². The van der Waals surface area contributed by atoms with Crippen LogP contribution in [0.25, 0.3) is 10.9 Å². The Hall–Kier alpha value is -1.96. The summed E-state index contributed by atoms with van der Waals surface area (Å²) in [6.07, 6.45) is 5.50. The first-order valence-corrected chi connectivity index (χ1v) is 10.4. The topological polar surface area (TPSA) is 78.3 Å². The highest BCUT2D eigenvalue weighted by atomic mass is 79.9. The first kappa shape index (κ1) is 20.8. The summed E-state index contributed by atoms with van der Waals surface area (Å²) >= 11 is 3.34. The van der Waals surface area contributed by atoms with Gasteiger partial charge in [-0.05, 0) is 49.1 Å². The highest BCUT2D eigenvalue weighted by molar-refractivity contribution is 9.10. The van der Waals surface area contributed by atoms with Gasteiger partial charge >= 0.3 is 5.69 Å². The normalized spacial score (nSPS) is 19.6. The smallest absolute Gasteiger partial charge is 0.328 e. The Morgan fingerprint density at radius 1 is 1.29 bits per heavy atom. The van der Waals surface area contributed by atoms with Crippen molar-refractivity contribution in [2.24, 2.45) is 0 Å². The average Bonchev–Trinajstić information content (AvgIpc) is 2.65. The third-order valence-electron chi connectivity index (χ3n) is 5.11. The maximum absolute atomic E-state index is 12.7. The molecule has 1 aliphatic rings. The summed E-state index contributed by atoms with van der Waals surface area (Å²) in [6.45, 7) is 6.20. The van der Waals surface area contributed by atoms with Crippen LogP contribution in [0.1, 0.15) is 26.7 Å². The number of β-amino-alcohol motifs (C(OH)–C–C–N with tert-alkyl or cyclic N) is 1. The molecular weight excluding hydrogens is 422 g/mol. The zero-order valence-corrected chi connectivity index (χ0v) is 17.8. The maximum atomic E-state index is 12.7. The van der Waals surface area contributed by atoms with Gasteiger partial charge in [0.25, 0.3) is 5.56 Å². The van der Waals surface area contributed by atoms with Crippen molar-refractivity contribution in [2.45, 2.75) is 39.3 Å². The van der Waals surface area contributed by atoms with Crippen LogP contribution in [0.5, 0.6) is 0 Å². The van der Waals surface area contributed by atoms with Crippen molar-refractivity contribution >= 4 is 26.8 Å². The SMILES string of the molecule is C/C=C1/CCN(CC(O)Cn2c(=O)[nH]c3cc(Br)ccc3c2=O)C/C1=C/CC. The Morgan fingerprint density at radius 3 is 2.79 bits per heavy atom. The molecule has 3 rings (SSSR count). The van der Waals surface area contributed by atoms with Gasteiger partial charge in [0.2, 0.25) is 0 Å². The number of rotatable bonds is 5. The summed E-state index contributed by atoms with van der Waals surface area (Å²) in [6, 6.07) is 5.13. The number of piperidine rings is 1. The fourth-order valence-electron chi connectivity index (χ4n) is 3.75. The molecule has 1 aromatic heterocycles. The molecule has 1 atom stereocenters. The van der Waals surface area contributed by atoms with Crippen LogP contribution in [-0.4, -0.2) is 45.3 Å². The molecule has 1 saturated heterocycles. The number of allylic oxidation sites excluding steroid dienone is 2. The van der Waals surface area contributed by atoms with Gasteiger partial charge in [-0.1, -0.05) is 35.0 Å². The quantitative estimate of drug-likeness (QED) is 0.738. The van der Waals surface area contributed by atoms with Crippen molar-refractivity contribution in [3.05, 3.63) is 66.8 Å². The number of aliphatic hydroxyl groups excluding tert-OH is 1. The molecule has 1 unspecified atom stereocenters. The lowest BCUT2D eigenvalue weighted by Gasteiger charge is -2.32. The number of likely N-dealkylation sites (tertiary alicyclic amines) is 1. The van der Waals surface area contributed by atoms with E-state index in [0.717, 1.165) is 35.0 Å². The second kappa shape index (κ2) is 9.03. The first-order chi connectivity index (χ1) is 13.4. The molecule has 0 radical (unpaired) electrons. The number of halogens is 1. The molecule has 150 valence electrons. The number of benzene rings is 1. The molecule has 0 bridgehead atoms. The van der Waals surface area contributed by atoms with Crippen molar-refractivity contribution < 1.29 is 5.11 Å². The summed E-state index contributed by atoms with van der Waals surface area (Å²) in [5.74, 6) is 0. The Labute approximate surface area is 172 Å². The molecule has 0 amide bonds. The lowest BCUT2D eigenvalue weighted by molar-refractivity contribution is 0.0981. The van der Waals surface area contributed by atoms with Crippen molar-refractivity contribution in [3.8, 4) is 0 Å². The molecule has 1 fully saturated rings. The fourth-order valence-corrected chi connectivity index (χ4v) is 4.11. The molecular formula is C21H26BrN3O3. The molecule has 0 saturated carbocycles. The molecule has 28 heavy (non-hydrogen) atoms. The van der Waals surface area contributed by atoms with Gasteiger partial charge in [-0.3, -0.25) is 14.3 Å². The second-order valence-corrected chi connectivity index (χ2v) is 8.04. The van der Waals surface area contributed by atoms with Gasteiger partial charge in [-0.25, -0.2) is 4.79 Å². The van der Waals surface area contributed by atoms with E-state index >= 15 is 0 Å². The second-order valence-electron chi connectivity index (χ2n) is 7.13. The number of nitrogens with one attached hydrogen (secondary N) is 1. The molecule has 2 heterocycles. The van der Waals surface area contributed by atoms with Crippen molar-refractivity contribution in [2.75, 3.05) is 19.6 Å². The third-order valence-corrected chi connectivity index (χ3v) is 5.60. The zero-order valence-electron chi connectivity index (χ0n) is 16.2. The summed E-state index contributed by atoms with van der Waals surface area (Å²) in [7, 11) is 0. The van der Waals surface area contributed by atoms with Crippen LogP contribution >= 0.6 is 15.9 Å². The zero-order chi connectivity index (χ0) is 20.3. The number of aromatic nitrogens is 2. The van der Waals surface area contributed by atoms with Crippen LogP contribution in [0.4, 0.5) is 0 Å². The molecule has 6 nitrogen and oxygen atoms in total. The van der Waals surface area contributed by atoms with Crippen molar-refractivity contribution in [1.29, 1.82) is 0 Å². The van der Waals surface area contributed by atoms with Crippen LogP contribution < -0.4 is 11.2 Å². The minimum Gasteiger partial charge on any atom is -0.390 e. The van der Waals surface area contributed by atoms with Gasteiger partial charge in [-0.2, -0.15) is 0 Å². The monoisotopic (exact) mass is 447 g/mol. The van der Waals surface area contributed by atoms with E-state index < -0.39 is 11.8 Å². The van der Waals surface area contributed by atoms with E-state index in [2.05, 4.69) is 51.8 Å². The van der Waals surface area contributed by atoms with Crippen LogP contribution in [0.15, 0.2) is 55.6 Å². The van der Waals surface area contributed by atoms with E-state index in [4.69, 9.17) is 0 Å². The molecule has 1 aliphatic heterocycles. The van der Waals surface area contributed by atoms with E-state index in [1.54, 1.807) is 18.2 Å². The summed E-state index contributed by atoms with van der Waals surface area (Å²) in [5, 5.41) is 11.0. The molecule has 2 aromatic rings. The van der Waals surface area contributed by atoms with Crippen molar-refractivity contribution in [3.63, 3.8) is 0 Å². The molecule has 0 spiro atoms. The van der Waals surface area contributed by atoms with E-state index in [9.17, 15) is 14.7 Å². The van der Waals surface area contributed by atoms with Crippen LogP contribution in [-0.2, 0) is 6.54 Å². The van der Waals surface area contributed by atoms with Gasteiger partial charge in [0.1, 0.15) is 0 Å². The van der Waals surface area contributed by atoms with Gasteiger partial charge < -0.3 is 10.1 Å². The van der Waals surface area contributed by atoms with Crippen LogP contribution in [0.2, 0.25) is 0 Å². The highest BCUT2D eigenvalue weighted by Gasteiger charge is 2.21. The lowest BCUT2D eigenvalue weighted by atomic mass is 9.96.